The molecule has 19 atom stereocenters. The molecule has 3 aliphatic heterocycles. The predicted octanol–water partition coefficient (Wildman–Crippen LogP) is 1.83. The van der Waals surface area contributed by atoms with Gasteiger partial charge in [-0.25, -0.2) is 0 Å². The average molecular weight is 1050 g/mol. The molecule has 3 rings (SSSR count). The predicted molar refractivity (Wildman–Crippen MR) is 273 cm³/mol. The zero-order chi connectivity index (χ0) is 55.1. The number of nitrogens with zero attached hydrogens (tertiary/aromatic N) is 1. The van der Waals surface area contributed by atoms with E-state index in [1.807, 2.05) is 68.2 Å². The molecule has 20 heteroatoms. The van der Waals surface area contributed by atoms with Crippen LogP contribution in [0.5, 0.6) is 0 Å². The lowest BCUT2D eigenvalue weighted by molar-refractivity contribution is -0.310. The molecule has 74 heavy (non-hydrogen) atoms. The van der Waals surface area contributed by atoms with Crippen LogP contribution in [0.1, 0.15) is 112 Å². The summed E-state index contributed by atoms with van der Waals surface area (Å²) >= 11 is 0. The number of carboxylic acids is 1. The van der Waals surface area contributed by atoms with E-state index in [4.69, 9.17) is 18.9 Å². The van der Waals surface area contributed by atoms with Gasteiger partial charge in [0.05, 0.1) is 73.5 Å². The Bertz CT molecular complexity index is 1860. The van der Waals surface area contributed by atoms with E-state index >= 15 is 0 Å². The molecule has 2 fully saturated rings. The van der Waals surface area contributed by atoms with Crippen LogP contribution in [0, 0.1) is 17.8 Å². The van der Waals surface area contributed by atoms with Crippen molar-refractivity contribution in [3.05, 3.63) is 72.9 Å². The summed E-state index contributed by atoms with van der Waals surface area (Å²) in [5.74, 6) is -7.38. The third-order valence-corrected chi connectivity index (χ3v) is 14.1. The van der Waals surface area contributed by atoms with Crippen molar-refractivity contribution >= 4 is 17.8 Å². The average Bonchev–Trinajstić information content (AvgIpc) is 3.32. The molecule has 12 N–H and O–H groups in total. The van der Waals surface area contributed by atoms with Crippen LogP contribution in [-0.2, 0) is 33.3 Å². The van der Waals surface area contributed by atoms with Crippen LogP contribution in [0.3, 0.4) is 0 Å². The molecule has 422 valence electrons. The van der Waals surface area contributed by atoms with Gasteiger partial charge in [-0.3, -0.25) is 14.4 Å². The number of hydrogen-bond donors (Lipinski definition) is 12. The van der Waals surface area contributed by atoms with Gasteiger partial charge in [-0.2, -0.15) is 0 Å². The van der Waals surface area contributed by atoms with Crippen molar-refractivity contribution in [2.75, 3.05) is 19.6 Å². The highest BCUT2D eigenvalue weighted by Gasteiger charge is 2.51. The van der Waals surface area contributed by atoms with Gasteiger partial charge in [-0.1, -0.05) is 101 Å². The highest BCUT2D eigenvalue weighted by molar-refractivity contribution is 5.76. The fourth-order valence-corrected chi connectivity index (χ4v) is 9.31. The number of esters is 1. The molecule has 0 aromatic carbocycles. The maximum Gasteiger partial charge on any atom is 0.311 e. The van der Waals surface area contributed by atoms with Gasteiger partial charge in [0.25, 0.3) is 0 Å². The largest absolute Gasteiger partial charge is 0.481 e. The first-order valence-corrected chi connectivity index (χ1v) is 26.3. The molecule has 1 amide bonds. The Labute approximate surface area is 436 Å². The van der Waals surface area contributed by atoms with Gasteiger partial charge in [0.2, 0.25) is 5.91 Å². The number of rotatable bonds is 9. The van der Waals surface area contributed by atoms with Crippen molar-refractivity contribution in [2.45, 2.75) is 210 Å². The van der Waals surface area contributed by atoms with Crippen LogP contribution in [-0.4, -0.2) is 196 Å². The smallest absolute Gasteiger partial charge is 0.311 e. The summed E-state index contributed by atoms with van der Waals surface area (Å²) in [6.45, 7) is 12.6. The molecular formula is C54H88N2O18. The van der Waals surface area contributed by atoms with Crippen LogP contribution in [0.2, 0.25) is 0 Å². The quantitative estimate of drug-likeness (QED) is 0.147. The van der Waals surface area contributed by atoms with E-state index in [1.54, 1.807) is 38.2 Å². The van der Waals surface area contributed by atoms with Crippen molar-refractivity contribution in [3.8, 4) is 0 Å². The molecule has 3 aliphatic rings. The third kappa shape index (κ3) is 22.1. The number of amides is 1. The SMILES string of the molecule is CCN(CC)CCC(=O)N[C@@H]1[C@H](O)[C@H](O[C@H]2/C=C/C=C/C=C/C=C/CC/C=C/C=C/[C@H](C)[C@@H](O)[C@@H](C)[C@H](C)OC(=O)C[C@H](O)C[C@H](O)C[C@H](O)CC[C@@H](O)[C@H](O)C[C@]3(O)C[C@H](O)[C@@H](C(=O)O)[C@H](C2)O3)O[C@H](C)[C@H]1O. The van der Waals surface area contributed by atoms with Crippen LogP contribution >= 0.6 is 0 Å². The number of ether oxygens (including phenoxy) is 4. The first-order valence-electron chi connectivity index (χ1n) is 26.3. The molecule has 0 unspecified atom stereocenters. The Kier molecular flexibility index (Phi) is 28.6. The number of carbonyl (C=O) groups excluding carboxylic acids is 2. The fourth-order valence-electron chi connectivity index (χ4n) is 9.31. The second-order valence-corrected chi connectivity index (χ2v) is 20.1. The third-order valence-electron chi connectivity index (χ3n) is 14.1. The van der Waals surface area contributed by atoms with E-state index in [2.05, 4.69) is 5.32 Å². The topological polar surface area (TPSA) is 326 Å². The summed E-state index contributed by atoms with van der Waals surface area (Å²) in [6, 6.07) is -1.22. The second-order valence-electron chi connectivity index (χ2n) is 20.1. The Morgan fingerprint density at radius 1 is 0.716 bits per heavy atom. The number of hydrogen-bond acceptors (Lipinski definition) is 18. The first-order chi connectivity index (χ1) is 35.0. The van der Waals surface area contributed by atoms with E-state index in [-0.39, 0.29) is 44.4 Å². The number of aliphatic carboxylic acids is 1. The normalized spacial score (nSPS) is 41.2. The number of nitrogens with one attached hydrogen (secondary N) is 1. The lowest BCUT2D eigenvalue weighted by atomic mass is 9.82. The minimum atomic E-state index is -2.40. The number of aliphatic hydroxyl groups is 10. The Balaban J connectivity index is 1.90. The van der Waals surface area contributed by atoms with Gasteiger partial charge < -0.3 is 85.3 Å². The number of allylic oxidation sites excluding steroid dienone is 10. The molecule has 3 heterocycles. The van der Waals surface area contributed by atoms with Crippen molar-refractivity contribution in [1.29, 1.82) is 0 Å². The summed E-state index contributed by atoms with van der Waals surface area (Å²) in [6.07, 6.45) is 1.34. The van der Waals surface area contributed by atoms with E-state index in [1.165, 1.54) is 13.0 Å². The molecule has 0 aliphatic carbocycles. The number of fused-ring (bicyclic) bond motifs is 2. The number of cyclic esters (lactones) is 1. The van der Waals surface area contributed by atoms with E-state index in [0.717, 1.165) is 25.9 Å². The summed E-state index contributed by atoms with van der Waals surface area (Å²) in [7, 11) is 0. The van der Waals surface area contributed by atoms with E-state index in [0.29, 0.717) is 6.54 Å². The van der Waals surface area contributed by atoms with Crippen LogP contribution in [0.15, 0.2) is 72.9 Å². The highest BCUT2D eigenvalue weighted by Crippen LogP contribution is 2.38. The van der Waals surface area contributed by atoms with Crippen LogP contribution in [0.4, 0.5) is 0 Å². The van der Waals surface area contributed by atoms with Gasteiger partial charge in [-0.05, 0) is 65.5 Å². The number of aliphatic hydroxyl groups excluding tert-OH is 9. The Hall–Kier alpha value is -3.71. The fraction of sp³-hybridized carbons (Fsp3) is 0.722. The second kappa shape index (κ2) is 32.8. The van der Waals surface area contributed by atoms with Crippen molar-refractivity contribution in [1.82, 2.24) is 10.2 Å². The molecule has 2 saturated heterocycles. The van der Waals surface area contributed by atoms with Gasteiger partial charge in [-0.15, -0.1) is 0 Å². The zero-order valence-corrected chi connectivity index (χ0v) is 43.9. The number of carbonyl (C=O) groups is 3. The monoisotopic (exact) mass is 1050 g/mol. The Morgan fingerprint density at radius 2 is 1.31 bits per heavy atom. The lowest BCUT2D eigenvalue weighted by Gasteiger charge is -2.45. The van der Waals surface area contributed by atoms with Gasteiger partial charge in [0.15, 0.2) is 12.1 Å². The standard InChI is InChI=1S/C54H88N2O18/c1-7-56(8-2)26-25-45(63)55-48-50(66)36(6)72-53(51(48)67)73-40-22-20-18-16-14-12-10-9-11-13-15-17-19-21-33(3)49(65)34(4)35(5)71-46(64)29-39(59)28-38(58)27-37(57)23-24-41(60)42(61)31-54(70)32-43(62)47(52(68)69)44(30-40)74-54/h9-10,12,14-22,33-44,47-51,53,57-62,65-67,70H,7-8,11,13,23-32H2,1-6H3,(H,55,63)(H,68,69)/b10-9+,14-12+,17-15+,18-16+,21-19+,22-20+/t33-,34-,35-,36+,37+,38+,39+,40-,41+,42+,43-,44-,47+,48-,49+,50+,51-,53-,54+/m0/s1. The molecule has 0 spiro atoms. The molecule has 0 aromatic rings. The highest BCUT2D eigenvalue weighted by atomic mass is 16.7. The molecule has 0 aromatic heterocycles. The van der Waals surface area contributed by atoms with Gasteiger partial charge >= 0.3 is 11.9 Å². The van der Waals surface area contributed by atoms with E-state index in [9.17, 15) is 70.6 Å². The van der Waals surface area contributed by atoms with E-state index < -0.39 is 146 Å². The summed E-state index contributed by atoms with van der Waals surface area (Å²) in [5, 5.41) is 123. The Morgan fingerprint density at radius 3 is 1.96 bits per heavy atom. The summed E-state index contributed by atoms with van der Waals surface area (Å²) in [4.78, 5) is 40.5. The van der Waals surface area contributed by atoms with Crippen LogP contribution in [0.25, 0.3) is 0 Å². The van der Waals surface area contributed by atoms with Crippen molar-refractivity contribution in [2.24, 2.45) is 17.8 Å². The minimum Gasteiger partial charge on any atom is -0.481 e. The van der Waals surface area contributed by atoms with Crippen molar-refractivity contribution < 1.29 is 89.5 Å². The van der Waals surface area contributed by atoms with Gasteiger partial charge in [0, 0.05) is 44.1 Å². The summed E-state index contributed by atoms with van der Waals surface area (Å²) < 4.78 is 23.6. The maximum atomic E-state index is 13.0. The molecule has 20 nitrogen and oxygen atoms in total. The minimum absolute atomic E-state index is 0.0903. The molecule has 0 saturated carbocycles. The molecule has 2 bridgehead atoms. The van der Waals surface area contributed by atoms with Crippen molar-refractivity contribution in [3.63, 3.8) is 0 Å². The zero-order valence-electron chi connectivity index (χ0n) is 43.9. The van der Waals surface area contributed by atoms with Gasteiger partial charge in [0.1, 0.15) is 24.2 Å². The lowest BCUT2D eigenvalue weighted by Crippen LogP contribution is -2.64. The maximum absolute atomic E-state index is 13.0. The number of carboxylic acid groups (broad SMARTS) is 1. The summed E-state index contributed by atoms with van der Waals surface area (Å²) in [5.41, 5.74) is 0. The first kappa shape index (κ1) is 64.6. The van der Waals surface area contributed by atoms with Crippen LogP contribution < -0.4 is 5.32 Å². The molecule has 0 radical (unpaired) electrons. The molecular weight excluding hydrogens is 965 g/mol.